The van der Waals surface area contributed by atoms with Gasteiger partial charge < -0.3 is 10.1 Å². The molecular weight excluding hydrogens is 378 g/mol. The van der Waals surface area contributed by atoms with Gasteiger partial charge in [0.05, 0.1) is 12.2 Å². The van der Waals surface area contributed by atoms with E-state index in [2.05, 4.69) is 40.3 Å². The summed E-state index contributed by atoms with van der Waals surface area (Å²) in [4.78, 5) is 11.6. The standard InChI is InChI=1S/C18H20BrNO2.ClH/c1-3-22-18(21)16-9-7-15(8-10-16)13(2)20-12-14-5-4-6-17(19)11-14;/h4-11,13,20H,3,12H2,1-2H3;1H. The third-order valence-corrected chi connectivity index (χ3v) is 3.92. The minimum atomic E-state index is -0.274. The van der Waals surface area contributed by atoms with Gasteiger partial charge in [-0.1, -0.05) is 40.2 Å². The number of hydrogen-bond donors (Lipinski definition) is 1. The van der Waals surface area contributed by atoms with Gasteiger partial charge in [-0.15, -0.1) is 12.4 Å². The van der Waals surface area contributed by atoms with Gasteiger partial charge in [-0.3, -0.25) is 0 Å². The number of benzene rings is 2. The molecule has 3 nitrogen and oxygen atoms in total. The molecule has 0 radical (unpaired) electrons. The summed E-state index contributed by atoms with van der Waals surface area (Å²) in [6.45, 7) is 5.10. The summed E-state index contributed by atoms with van der Waals surface area (Å²) < 4.78 is 6.07. The largest absolute Gasteiger partial charge is 0.462 e. The highest BCUT2D eigenvalue weighted by Gasteiger charge is 2.09. The fourth-order valence-electron chi connectivity index (χ4n) is 2.16. The maximum atomic E-state index is 11.6. The van der Waals surface area contributed by atoms with E-state index >= 15 is 0 Å². The van der Waals surface area contributed by atoms with E-state index in [1.54, 1.807) is 6.92 Å². The Morgan fingerprint density at radius 1 is 1.22 bits per heavy atom. The van der Waals surface area contributed by atoms with Crippen molar-refractivity contribution in [2.75, 3.05) is 6.61 Å². The molecule has 0 spiro atoms. The molecule has 0 saturated heterocycles. The van der Waals surface area contributed by atoms with Gasteiger partial charge in [0.2, 0.25) is 0 Å². The van der Waals surface area contributed by atoms with Crippen LogP contribution in [-0.2, 0) is 11.3 Å². The fraction of sp³-hybridized carbons (Fsp3) is 0.278. The van der Waals surface area contributed by atoms with Gasteiger partial charge in [0.1, 0.15) is 0 Å². The topological polar surface area (TPSA) is 38.3 Å². The summed E-state index contributed by atoms with van der Waals surface area (Å²) >= 11 is 3.48. The van der Waals surface area contributed by atoms with Gasteiger partial charge in [-0.25, -0.2) is 4.79 Å². The van der Waals surface area contributed by atoms with Crippen molar-refractivity contribution in [3.8, 4) is 0 Å². The van der Waals surface area contributed by atoms with Crippen LogP contribution >= 0.6 is 28.3 Å². The van der Waals surface area contributed by atoms with E-state index in [1.807, 2.05) is 36.4 Å². The van der Waals surface area contributed by atoms with Crippen molar-refractivity contribution in [3.05, 3.63) is 69.7 Å². The van der Waals surface area contributed by atoms with Crippen molar-refractivity contribution in [2.24, 2.45) is 0 Å². The number of ether oxygens (including phenoxy) is 1. The third kappa shape index (κ3) is 5.98. The molecule has 124 valence electrons. The molecule has 0 saturated carbocycles. The SMILES string of the molecule is CCOC(=O)c1ccc(C(C)NCc2cccc(Br)c2)cc1.Cl. The molecule has 0 aliphatic rings. The van der Waals surface area contributed by atoms with Gasteiger partial charge in [-0.05, 0) is 49.2 Å². The summed E-state index contributed by atoms with van der Waals surface area (Å²) in [5.74, 6) is -0.274. The van der Waals surface area contributed by atoms with Crippen LogP contribution in [0.2, 0.25) is 0 Å². The number of hydrogen-bond acceptors (Lipinski definition) is 3. The third-order valence-electron chi connectivity index (χ3n) is 3.42. The van der Waals surface area contributed by atoms with Crippen LogP contribution in [0, 0.1) is 0 Å². The lowest BCUT2D eigenvalue weighted by Gasteiger charge is -2.15. The maximum absolute atomic E-state index is 11.6. The van der Waals surface area contributed by atoms with Crippen LogP contribution in [-0.4, -0.2) is 12.6 Å². The highest BCUT2D eigenvalue weighted by atomic mass is 79.9. The molecule has 2 aromatic rings. The second-order valence-corrected chi connectivity index (χ2v) is 5.99. The number of carbonyl (C=O) groups is 1. The van der Waals surface area contributed by atoms with Gasteiger partial charge in [0, 0.05) is 17.1 Å². The van der Waals surface area contributed by atoms with Crippen molar-refractivity contribution >= 4 is 34.3 Å². The molecule has 1 atom stereocenters. The first-order valence-corrected chi connectivity index (χ1v) is 8.14. The molecule has 2 rings (SSSR count). The number of nitrogens with one attached hydrogen (secondary N) is 1. The first-order valence-electron chi connectivity index (χ1n) is 7.35. The van der Waals surface area contributed by atoms with Gasteiger partial charge in [-0.2, -0.15) is 0 Å². The summed E-state index contributed by atoms with van der Waals surface area (Å²) in [6, 6.07) is 16.0. The minimum absolute atomic E-state index is 0. The van der Waals surface area contributed by atoms with E-state index in [9.17, 15) is 4.79 Å². The smallest absolute Gasteiger partial charge is 0.338 e. The number of halogens is 2. The average Bonchev–Trinajstić information content (AvgIpc) is 2.53. The monoisotopic (exact) mass is 397 g/mol. The first-order chi connectivity index (χ1) is 10.6. The Morgan fingerprint density at radius 2 is 1.91 bits per heavy atom. The van der Waals surface area contributed by atoms with Crippen molar-refractivity contribution in [2.45, 2.75) is 26.4 Å². The molecule has 5 heteroatoms. The average molecular weight is 399 g/mol. The number of esters is 1. The molecule has 2 aromatic carbocycles. The lowest BCUT2D eigenvalue weighted by atomic mass is 10.1. The zero-order valence-electron chi connectivity index (χ0n) is 13.2. The second kappa shape index (κ2) is 9.71. The van der Waals surface area contributed by atoms with Crippen LogP contribution in [0.1, 0.15) is 41.4 Å². The van der Waals surface area contributed by atoms with Gasteiger partial charge >= 0.3 is 5.97 Å². The molecule has 1 unspecified atom stereocenters. The van der Waals surface area contributed by atoms with E-state index in [0.717, 1.165) is 16.6 Å². The zero-order valence-corrected chi connectivity index (χ0v) is 15.6. The molecule has 0 bridgehead atoms. The van der Waals surface area contributed by atoms with E-state index in [0.29, 0.717) is 12.2 Å². The molecule has 23 heavy (non-hydrogen) atoms. The molecule has 1 N–H and O–H groups in total. The number of carbonyl (C=O) groups excluding carboxylic acids is 1. The van der Waals surface area contributed by atoms with Crippen LogP contribution in [0.5, 0.6) is 0 Å². The molecule has 0 aromatic heterocycles. The van der Waals surface area contributed by atoms with Crippen LogP contribution in [0.3, 0.4) is 0 Å². The predicted octanol–water partition coefficient (Wildman–Crippen LogP) is 4.90. The lowest BCUT2D eigenvalue weighted by Crippen LogP contribution is -2.18. The van der Waals surface area contributed by atoms with Gasteiger partial charge in [0.15, 0.2) is 0 Å². The summed E-state index contributed by atoms with van der Waals surface area (Å²) in [7, 11) is 0. The second-order valence-electron chi connectivity index (χ2n) is 5.07. The molecular formula is C18H21BrClNO2. The Hall–Kier alpha value is -1.36. The molecule has 0 amide bonds. The highest BCUT2D eigenvalue weighted by Crippen LogP contribution is 2.16. The Kier molecular flexibility index (Phi) is 8.31. The molecule has 0 heterocycles. The fourth-order valence-corrected chi connectivity index (χ4v) is 2.60. The van der Waals surface area contributed by atoms with E-state index < -0.39 is 0 Å². The minimum Gasteiger partial charge on any atom is -0.462 e. The summed E-state index contributed by atoms with van der Waals surface area (Å²) in [5, 5.41) is 3.48. The summed E-state index contributed by atoms with van der Waals surface area (Å²) in [6.07, 6.45) is 0. The van der Waals surface area contributed by atoms with Crippen molar-refractivity contribution in [1.29, 1.82) is 0 Å². The highest BCUT2D eigenvalue weighted by molar-refractivity contribution is 9.10. The van der Waals surface area contributed by atoms with Gasteiger partial charge in [0.25, 0.3) is 0 Å². The molecule has 0 fully saturated rings. The first kappa shape index (κ1) is 19.7. The quantitative estimate of drug-likeness (QED) is 0.703. The van der Waals surface area contributed by atoms with E-state index in [1.165, 1.54) is 5.56 Å². The van der Waals surface area contributed by atoms with Crippen LogP contribution < -0.4 is 5.32 Å². The Balaban J connectivity index is 0.00000264. The number of rotatable bonds is 6. The lowest BCUT2D eigenvalue weighted by molar-refractivity contribution is 0.0526. The van der Waals surface area contributed by atoms with E-state index in [-0.39, 0.29) is 24.4 Å². The van der Waals surface area contributed by atoms with Crippen molar-refractivity contribution in [3.63, 3.8) is 0 Å². The van der Waals surface area contributed by atoms with E-state index in [4.69, 9.17) is 4.74 Å². The van der Waals surface area contributed by atoms with Crippen LogP contribution in [0.15, 0.2) is 53.0 Å². The Labute approximate surface area is 152 Å². The molecule has 0 aliphatic carbocycles. The van der Waals surface area contributed by atoms with Crippen LogP contribution in [0.4, 0.5) is 0 Å². The normalized spacial score (nSPS) is 11.4. The Bertz CT molecular complexity index is 631. The predicted molar refractivity (Wildman–Crippen MR) is 99.0 cm³/mol. The van der Waals surface area contributed by atoms with Crippen molar-refractivity contribution < 1.29 is 9.53 Å². The summed E-state index contributed by atoms with van der Waals surface area (Å²) in [5.41, 5.74) is 2.96. The van der Waals surface area contributed by atoms with Crippen LogP contribution in [0.25, 0.3) is 0 Å². The maximum Gasteiger partial charge on any atom is 0.338 e. The molecule has 0 aliphatic heterocycles. The Morgan fingerprint density at radius 3 is 2.52 bits per heavy atom. The van der Waals surface area contributed by atoms with Crippen molar-refractivity contribution in [1.82, 2.24) is 5.32 Å². The zero-order chi connectivity index (χ0) is 15.9.